The van der Waals surface area contributed by atoms with Crippen LogP contribution in [0.15, 0.2) is 24.3 Å². The smallest absolute Gasteiger partial charge is 0.121 e. The van der Waals surface area contributed by atoms with E-state index in [2.05, 4.69) is 39.2 Å². The molecule has 2 N–H and O–H groups in total. The number of nitrogens with zero attached hydrogens (tertiary/aromatic N) is 2. The summed E-state index contributed by atoms with van der Waals surface area (Å²) in [5.41, 5.74) is 2.19. The van der Waals surface area contributed by atoms with Crippen molar-refractivity contribution in [1.82, 2.24) is 20.2 Å². The van der Waals surface area contributed by atoms with Crippen molar-refractivity contribution in [3.05, 3.63) is 30.1 Å². The van der Waals surface area contributed by atoms with Crippen LogP contribution in [0.2, 0.25) is 0 Å². The van der Waals surface area contributed by atoms with Crippen molar-refractivity contribution in [3.8, 4) is 0 Å². The number of H-pyrrole nitrogens is 1. The van der Waals surface area contributed by atoms with Crippen LogP contribution in [0.3, 0.4) is 0 Å². The van der Waals surface area contributed by atoms with Gasteiger partial charge in [-0.1, -0.05) is 19.1 Å². The van der Waals surface area contributed by atoms with E-state index in [1.807, 2.05) is 12.1 Å². The number of aromatic amines is 1. The molecule has 1 aromatic heterocycles. The van der Waals surface area contributed by atoms with Crippen molar-refractivity contribution < 1.29 is 0 Å². The zero-order chi connectivity index (χ0) is 14.5. The average Bonchev–Trinajstić information content (AvgIpc) is 2.79. The van der Waals surface area contributed by atoms with Crippen LogP contribution >= 0.6 is 0 Å². The number of hydrogen-bond donors (Lipinski definition) is 2. The summed E-state index contributed by atoms with van der Waals surface area (Å²) in [6, 6.07) is 8.85. The lowest BCUT2D eigenvalue weighted by Gasteiger charge is -2.19. The lowest BCUT2D eigenvalue weighted by Crippen LogP contribution is -2.31. The minimum absolute atomic E-state index is 0.625. The zero-order valence-electron chi connectivity index (χ0n) is 12.9. The molecule has 4 nitrogen and oxygen atoms in total. The number of likely N-dealkylation sites (tertiary alicyclic amines) is 1. The molecule has 0 bridgehead atoms. The first kappa shape index (κ1) is 14.5. The number of hydrogen-bond acceptors (Lipinski definition) is 3. The van der Waals surface area contributed by atoms with E-state index in [1.165, 1.54) is 45.3 Å². The molecule has 1 aromatic carbocycles. The molecular formula is C17H26N4. The summed E-state index contributed by atoms with van der Waals surface area (Å²) in [7, 11) is 0. The molecular weight excluding hydrogens is 260 g/mol. The van der Waals surface area contributed by atoms with Crippen LogP contribution in [0.25, 0.3) is 11.0 Å². The molecule has 0 saturated carbocycles. The fraction of sp³-hybridized carbons (Fsp3) is 0.588. The summed E-state index contributed by atoms with van der Waals surface area (Å²) in [6.45, 7) is 6.84. The summed E-state index contributed by atoms with van der Waals surface area (Å²) >= 11 is 0. The maximum Gasteiger partial charge on any atom is 0.121 e. The Kier molecular flexibility index (Phi) is 4.88. The van der Waals surface area contributed by atoms with Crippen molar-refractivity contribution in [2.75, 3.05) is 19.6 Å². The molecule has 1 fully saturated rings. The molecule has 1 atom stereocenters. The van der Waals surface area contributed by atoms with Crippen molar-refractivity contribution in [2.45, 2.75) is 45.2 Å². The molecule has 1 saturated heterocycles. The topological polar surface area (TPSA) is 44.0 Å². The predicted molar refractivity (Wildman–Crippen MR) is 87.3 cm³/mol. The minimum Gasteiger partial charge on any atom is -0.341 e. The highest BCUT2D eigenvalue weighted by Gasteiger charge is 2.16. The van der Waals surface area contributed by atoms with Crippen LogP contribution in [-0.4, -0.2) is 40.5 Å². The molecule has 1 unspecified atom stereocenters. The fourth-order valence-corrected chi connectivity index (χ4v) is 3.23. The van der Waals surface area contributed by atoms with E-state index in [-0.39, 0.29) is 0 Å². The quantitative estimate of drug-likeness (QED) is 0.888. The fourth-order valence-electron chi connectivity index (χ4n) is 3.23. The second kappa shape index (κ2) is 7.05. The molecule has 0 amide bonds. The van der Waals surface area contributed by atoms with E-state index < -0.39 is 0 Å². The number of para-hydroxylation sites is 2. The third kappa shape index (κ3) is 3.83. The van der Waals surface area contributed by atoms with Crippen LogP contribution in [0, 0.1) is 0 Å². The summed E-state index contributed by atoms with van der Waals surface area (Å²) in [4.78, 5) is 10.6. The van der Waals surface area contributed by atoms with E-state index in [1.54, 1.807) is 0 Å². The first-order valence-corrected chi connectivity index (χ1v) is 8.24. The lowest BCUT2D eigenvalue weighted by atomic mass is 10.1. The van der Waals surface area contributed by atoms with Gasteiger partial charge in [0.25, 0.3) is 0 Å². The average molecular weight is 286 g/mol. The number of fused-ring (bicyclic) bond motifs is 1. The molecule has 4 heteroatoms. The number of rotatable bonds is 5. The molecule has 0 spiro atoms. The Labute approximate surface area is 126 Å². The zero-order valence-corrected chi connectivity index (χ0v) is 12.9. The van der Waals surface area contributed by atoms with Gasteiger partial charge in [0, 0.05) is 6.04 Å². The predicted octanol–water partition coefficient (Wildman–Crippen LogP) is 2.92. The largest absolute Gasteiger partial charge is 0.341 e. The second-order valence-electron chi connectivity index (χ2n) is 6.05. The summed E-state index contributed by atoms with van der Waals surface area (Å²) in [6.07, 6.45) is 5.09. The van der Waals surface area contributed by atoms with Gasteiger partial charge in [0.2, 0.25) is 0 Å². The highest BCUT2D eigenvalue weighted by molar-refractivity contribution is 5.74. The molecule has 1 aliphatic heterocycles. The van der Waals surface area contributed by atoms with Crippen molar-refractivity contribution in [3.63, 3.8) is 0 Å². The highest BCUT2D eigenvalue weighted by atomic mass is 15.1. The maximum absolute atomic E-state index is 4.64. The Balaban J connectivity index is 1.52. The van der Waals surface area contributed by atoms with Crippen molar-refractivity contribution >= 4 is 11.0 Å². The van der Waals surface area contributed by atoms with Crippen LogP contribution in [0.1, 0.15) is 38.4 Å². The van der Waals surface area contributed by atoms with Crippen LogP contribution in [0.4, 0.5) is 0 Å². The number of nitrogens with one attached hydrogen (secondary N) is 2. The Morgan fingerprint density at radius 1 is 1.29 bits per heavy atom. The third-order valence-electron chi connectivity index (χ3n) is 4.36. The normalized spacial score (nSPS) is 20.7. The Bertz CT molecular complexity index is 530. The van der Waals surface area contributed by atoms with Gasteiger partial charge in [0.1, 0.15) is 5.82 Å². The van der Waals surface area contributed by atoms with Crippen molar-refractivity contribution in [1.29, 1.82) is 0 Å². The van der Waals surface area contributed by atoms with Crippen molar-refractivity contribution in [2.24, 2.45) is 0 Å². The second-order valence-corrected chi connectivity index (χ2v) is 6.05. The Hall–Kier alpha value is -1.39. The van der Waals surface area contributed by atoms with Crippen LogP contribution < -0.4 is 5.32 Å². The maximum atomic E-state index is 4.64. The van der Waals surface area contributed by atoms with Gasteiger partial charge in [-0.05, 0) is 57.5 Å². The third-order valence-corrected chi connectivity index (χ3v) is 4.36. The monoisotopic (exact) mass is 286 g/mol. The van der Waals surface area contributed by atoms with E-state index in [4.69, 9.17) is 0 Å². The molecule has 1 aliphatic rings. The van der Waals surface area contributed by atoms with Gasteiger partial charge in [-0.15, -0.1) is 0 Å². The van der Waals surface area contributed by atoms with Gasteiger partial charge in [-0.2, -0.15) is 0 Å². The standard InChI is InChI=1S/C17H26N4/c1-2-10-21-11-5-6-14(9-12-21)18-13-17-19-15-7-3-4-8-16(15)20-17/h3-4,7-8,14,18H,2,5-6,9-13H2,1H3,(H,19,20). The van der Waals surface area contributed by atoms with Gasteiger partial charge >= 0.3 is 0 Å². The molecule has 3 rings (SSSR count). The van der Waals surface area contributed by atoms with Crippen LogP contribution in [0.5, 0.6) is 0 Å². The molecule has 0 radical (unpaired) electrons. The van der Waals surface area contributed by atoms with Gasteiger partial charge in [-0.3, -0.25) is 0 Å². The molecule has 0 aliphatic carbocycles. The number of imidazole rings is 1. The summed E-state index contributed by atoms with van der Waals surface area (Å²) < 4.78 is 0. The highest BCUT2D eigenvalue weighted by Crippen LogP contribution is 2.13. The van der Waals surface area contributed by atoms with Gasteiger partial charge < -0.3 is 15.2 Å². The first-order chi connectivity index (χ1) is 10.3. The van der Waals surface area contributed by atoms with Gasteiger partial charge in [-0.25, -0.2) is 4.98 Å². The molecule has 21 heavy (non-hydrogen) atoms. The van der Waals surface area contributed by atoms with E-state index >= 15 is 0 Å². The van der Waals surface area contributed by atoms with Gasteiger partial charge in [0.05, 0.1) is 17.6 Å². The first-order valence-electron chi connectivity index (χ1n) is 8.24. The summed E-state index contributed by atoms with van der Waals surface area (Å²) in [5, 5.41) is 3.68. The minimum atomic E-state index is 0.625. The Morgan fingerprint density at radius 2 is 2.19 bits per heavy atom. The lowest BCUT2D eigenvalue weighted by molar-refractivity contribution is 0.282. The Morgan fingerprint density at radius 3 is 3.05 bits per heavy atom. The molecule has 114 valence electrons. The van der Waals surface area contributed by atoms with E-state index in [9.17, 15) is 0 Å². The molecule has 2 aromatic rings. The van der Waals surface area contributed by atoms with Gasteiger partial charge in [0.15, 0.2) is 0 Å². The number of benzene rings is 1. The van der Waals surface area contributed by atoms with E-state index in [0.29, 0.717) is 6.04 Å². The number of aromatic nitrogens is 2. The summed E-state index contributed by atoms with van der Waals surface area (Å²) in [5.74, 6) is 1.05. The molecule has 2 heterocycles. The SMILES string of the molecule is CCCN1CCCC(NCc2nc3ccccc3[nH]2)CC1. The van der Waals surface area contributed by atoms with E-state index in [0.717, 1.165) is 23.4 Å². The van der Waals surface area contributed by atoms with Crippen LogP contribution in [-0.2, 0) is 6.54 Å².